The Kier molecular flexibility index (Phi) is 4.53. The zero-order valence-electron chi connectivity index (χ0n) is 8.49. The van der Waals surface area contributed by atoms with E-state index < -0.39 is 0 Å². The van der Waals surface area contributed by atoms with Gasteiger partial charge >= 0.3 is 0 Å². The third-order valence-corrected chi connectivity index (χ3v) is 3.11. The van der Waals surface area contributed by atoms with Gasteiger partial charge in [0.2, 0.25) is 5.91 Å². The Bertz CT molecular complexity index is 283. The predicted molar refractivity (Wildman–Crippen MR) is 62.7 cm³/mol. The highest BCUT2D eigenvalue weighted by Gasteiger charge is 2.14. The number of nitrogens with one attached hydrogen (secondary N) is 1. The maximum absolute atomic E-state index is 11.6. The van der Waals surface area contributed by atoms with Crippen LogP contribution in [0.2, 0.25) is 0 Å². The van der Waals surface area contributed by atoms with Gasteiger partial charge in [-0.1, -0.05) is 25.1 Å². The number of carbonyl (C=O) groups is 1. The van der Waals surface area contributed by atoms with E-state index >= 15 is 0 Å². The molecule has 0 saturated carbocycles. The van der Waals surface area contributed by atoms with Crippen LogP contribution in [0.15, 0.2) is 30.3 Å². The number of benzene rings is 1. The molecular weight excluding hydrogens is 194 g/mol. The van der Waals surface area contributed by atoms with E-state index in [-0.39, 0.29) is 11.2 Å². The fourth-order valence-corrected chi connectivity index (χ4v) is 1.81. The van der Waals surface area contributed by atoms with Crippen LogP contribution < -0.4 is 5.32 Å². The van der Waals surface area contributed by atoms with Crippen LogP contribution in [0.5, 0.6) is 0 Å². The van der Waals surface area contributed by atoms with E-state index in [1.807, 2.05) is 43.5 Å². The summed E-state index contributed by atoms with van der Waals surface area (Å²) >= 11 is 1.59. The second-order valence-electron chi connectivity index (χ2n) is 2.99. The molecule has 0 bridgehead atoms. The van der Waals surface area contributed by atoms with Gasteiger partial charge in [-0.25, -0.2) is 0 Å². The number of rotatable bonds is 4. The molecule has 0 aliphatic carbocycles. The molecule has 1 atom stereocenters. The highest BCUT2D eigenvalue weighted by atomic mass is 32.2. The average Bonchev–Trinajstić information content (AvgIpc) is 2.21. The number of thioether (sulfide) groups is 1. The molecule has 0 fully saturated rings. The Hall–Kier alpha value is -0.960. The first-order chi connectivity index (χ1) is 6.77. The topological polar surface area (TPSA) is 29.1 Å². The first-order valence-corrected chi connectivity index (χ1v) is 5.95. The third kappa shape index (κ3) is 3.07. The van der Waals surface area contributed by atoms with Crippen molar-refractivity contribution in [1.82, 2.24) is 0 Å². The molecule has 3 heteroatoms. The molecule has 0 radical (unpaired) electrons. The molecule has 1 unspecified atom stereocenters. The van der Waals surface area contributed by atoms with E-state index in [2.05, 4.69) is 5.32 Å². The minimum absolute atomic E-state index is 0.0511. The highest BCUT2D eigenvalue weighted by molar-refractivity contribution is 7.99. The van der Waals surface area contributed by atoms with Crippen LogP contribution >= 0.6 is 11.8 Å². The van der Waals surface area contributed by atoms with Gasteiger partial charge in [0.15, 0.2) is 0 Å². The molecule has 2 nitrogen and oxygen atoms in total. The Morgan fingerprint density at radius 2 is 2.07 bits per heavy atom. The molecule has 1 aromatic rings. The number of para-hydroxylation sites is 1. The maximum atomic E-state index is 11.6. The van der Waals surface area contributed by atoms with Crippen LogP contribution in [-0.4, -0.2) is 17.4 Å². The molecule has 0 saturated heterocycles. The van der Waals surface area contributed by atoms with Gasteiger partial charge in [-0.3, -0.25) is 4.79 Å². The van der Waals surface area contributed by atoms with Gasteiger partial charge in [-0.15, -0.1) is 0 Å². The molecule has 0 heterocycles. The standard InChI is InChI=1S/C11H15NOS/c1-3-10(14-2)11(13)12-9-7-5-4-6-8-9/h4-8,10H,3H2,1-2H3,(H,12,13). The molecule has 0 aliphatic rings. The van der Waals surface area contributed by atoms with E-state index in [0.29, 0.717) is 0 Å². The molecule has 1 aromatic carbocycles. The van der Waals surface area contributed by atoms with Gasteiger partial charge in [0.1, 0.15) is 0 Å². The van der Waals surface area contributed by atoms with Crippen molar-refractivity contribution in [1.29, 1.82) is 0 Å². The van der Waals surface area contributed by atoms with Gasteiger partial charge in [0, 0.05) is 5.69 Å². The van der Waals surface area contributed by atoms with Crippen molar-refractivity contribution in [3.63, 3.8) is 0 Å². The molecule has 1 N–H and O–H groups in total. The van der Waals surface area contributed by atoms with Crippen LogP contribution in [0.25, 0.3) is 0 Å². The fraction of sp³-hybridized carbons (Fsp3) is 0.364. The van der Waals surface area contributed by atoms with Crippen LogP contribution in [0.3, 0.4) is 0 Å². The molecule has 0 aromatic heterocycles. The van der Waals surface area contributed by atoms with Gasteiger partial charge in [0.05, 0.1) is 5.25 Å². The Morgan fingerprint density at radius 1 is 1.43 bits per heavy atom. The molecule has 0 spiro atoms. The Labute approximate surface area is 89.1 Å². The minimum Gasteiger partial charge on any atom is -0.325 e. The van der Waals surface area contributed by atoms with Crippen molar-refractivity contribution >= 4 is 23.4 Å². The monoisotopic (exact) mass is 209 g/mol. The lowest BCUT2D eigenvalue weighted by atomic mass is 10.3. The zero-order valence-corrected chi connectivity index (χ0v) is 9.30. The van der Waals surface area contributed by atoms with Crippen molar-refractivity contribution in [3.8, 4) is 0 Å². The maximum Gasteiger partial charge on any atom is 0.237 e. The van der Waals surface area contributed by atoms with E-state index in [1.54, 1.807) is 11.8 Å². The van der Waals surface area contributed by atoms with Crippen LogP contribution in [-0.2, 0) is 4.79 Å². The zero-order chi connectivity index (χ0) is 10.4. The summed E-state index contributed by atoms with van der Waals surface area (Å²) in [4.78, 5) is 11.6. The molecule has 76 valence electrons. The number of hydrogen-bond donors (Lipinski definition) is 1. The summed E-state index contributed by atoms with van der Waals surface area (Å²) < 4.78 is 0. The molecule has 14 heavy (non-hydrogen) atoms. The quantitative estimate of drug-likeness (QED) is 0.826. The molecule has 1 rings (SSSR count). The summed E-state index contributed by atoms with van der Waals surface area (Å²) in [5.41, 5.74) is 0.866. The van der Waals surface area contributed by atoms with Gasteiger partial charge in [-0.2, -0.15) is 11.8 Å². The fourth-order valence-electron chi connectivity index (χ4n) is 1.20. The minimum atomic E-state index is 0.0511. The molecular formula is C11H15NOS. The number of carbonyl (C=O) groups excluding carboxylic acids is 1. The van der Waals surface area contributed by atoms with Gasteiger partial charge < -0.3 is 5.32 Å². The number of anilines is 1. The van der Waals surface area contributed by atoms with Crippen LogP contribution in [0.4, 0.5) is 5.69 Å². The number of amides is 1. The molecule has 0 aliphatic heterocycles. The Balaban J connectivity index is 2.57. The van der Waals surface area contributed by atoms with Crippen LogP contribution in [0, 0.1) is 0 Å². The first-order valence-electron chi connectivity index (χ1n) is 4.66. The van der Waals surface area contributed by atoms with E-state index in [9.17, 15) is 4.79 Å². The van der Waals surface area contributed by atoms with Gasteiger partial charge in [0.25, 0.3) is 0 Å². The van der Waals surface area contributed by atoms with Gasteiger partial charge in [-0.05, 0) is 24.8 Å². The largest absolute Gasteiger partial charge is 0.325 e. The normalized spacial score (nSPS) is 12.1. The lowest BCUT2D eigenvalue weighted by Gasteiger charge is -2.11. The van der Waals surface area contributed by atoms with Crippen molar-refractivity contribution in [2.75, 3.05) is 11.6 Å². The lowest BCUT2D eigenvalue weighted by Crippen LogP contribution is -2.24. The highest BCUT2D eigenvalue weighted by Crippen LogP contribution is 2.14. The Morgan fingerprint density at radius 3 is 2.57 bits per heavy atom. The second kappa shape index (κ2) is 5.70. The van der Waals surface area contributed by atoms with Crippen molar-refractivity contribution in [2.24, 2.45) is 0 Å². The van der Waals surface area contributed by atoms with Crippen molar-refractivity contribution in [3.05, 3.63) is 30.3 Å². The lowest BCUT2D eigenvalue weighted by molar-refractivity contribution is -0.115. The summed E-state index contributed by atoms with van der Waals surface area (Å²) in [7, 11) is 0. The smallest absolute Gasteiger partial charge is 0.237 e. The van der Waals surface area contributed by atoms with Crippen LogP contribution in [0.1, 0.15) is 13.3 Å². The van der Waals surface area contributed by atoms with E-state index in [1.165, 1.54) is 0 Å². The third-order valence-electron chi connectivity index (χ3n) is 1.99. The molecule has 1 amide bonds. The number of hydrogen-bond acceptors (Lipinski definition) is 2. The summed E-state index contributed by atoms with van der Waals surface area (Å²) in [6.45, 7) is 2.02. The summed E-state index contributed by atoms with van der Waals surface area (Å²) in [5.74, 6) is 0.0891. The summed E-state index contributed by atoms with van der Waals surface area (Å²) in [6.07, 6.45) is 2.82. The first kappa shape index (κ1) is 11.1. The van der Waals surface area contributed by atoms with Crippen molar-refractivity contribution < 1.29 is 4.79 Å². The van der Waals surface area contributed by atoms with Crippen molar-refractivity contribution in [2.45, 2.75) is 18.6 Å². The summed E-state index contributed by atoms with van der Waals surface area (Å²) in [6, 6.07) is 9.54. The van der Waals surface area contributed by atoms with E-state index in [4.69, 9.17) is 0 Å². The average molecular weight is 209 g/mol. The SMILES string of the molecule is CCC(SC)C(=O)Nc1ccccc1. The second-order valence-corrected chi connectivity index (χ2v) is 4.03. The predicted octanol–water partition coefficient (Wildman–Crippen LogP) is 2.77. The summed E-state index contributed by atoms with van der Waals surface area (Å²) in [5, 5.41) is 2.94. The van der Waals surface area contributed by atoms with E-state index in [0.717, 1.165) is 12.1 Å².